The Morgan fingerprint density at radius 3 is 2.43 bits per heavy atom. The second-order valence-corrected chi connectivity index (χ2v) is 12.3. The molecule has 42 heavy (non-hydrogen) atoms. The summed E-state index contributed by atoms with van der Waals surface area (Å²) in [4.78, 5) is 40.9. The highest BCUT2D eigenvalue weighted by Crippen LogP contribution is 2.40. The van der Waals surface area contributed by atoms with Gasteiger partial charge in [-0.25, -0.2) is 4.79 Å². The van der Waals surface area contributed by atoms with Gasteiger partial charge in [-0.15, -0.1) is 11.8 Å². The van der Waals surface area contributed by atoms with E-state index in [0.717, 1.165) is 43.6 Å². The van der Waals surface area contributed by atoms with E-state index in [4.69, 9.17) is 11.5 Å². The molecule has 5 rings (SSSR count). The van der Waals surface area contributed by atoms with E-state index in [9.17, 15) is 14.4 Å². The lowest BCUT2D eigenvalue weighted by Gasteiger charge is -2.27. The molecule has 0 radical (unpaired) electrons. The lowest BCUT2D eigenvalue weighted by atomic mass is 9.98. The number of nitrogens with one attached hydrogen (secondary N) is 2. The summed E-state index contributed by atoms with van der Waals surface area (Å²) in [5.74, 6) is 0.0139. The van der Waals surface area contributed by atoms with Gasteiger partial charge in [0, 0.05) is 29.2 Å². The quantitative estimate of drug-likeness (QED) is 0.235. The van der Waals surface area contributed by atoms with Gasteiger partial charge in [0.15, 0.2) is 0 Å². The number of benzene rings is 4. The van der Waals surface area contributed by atoms with E-state index < -0.39 is 17.6 Å². The first-order chi connectivity index (χ1) is 20.1. The van der Waals surface area contributed by atoms with Crippen molar-refractivity contribution in [1.29, 1.82) is 0 Å². The predicted molar refractivity (Wildman–Crippen MR) is 169 cm³/mol. The van der Waals surface area contributed by atoms with Crippen LogP contribution in [-0.4, -0.2) is 35.2 Å². The van der Waals surface area contributed by atoms with E-state index in [-0.39, 0.29) is 18.2 Å². The van der Waals surface area contributed by atoms with E-state index >= 15 is 0 Å². The Balaban J connectivity index is 1.46. The summed E-state index contributed by atoms with van der Waals surface area (Å²) in [6.45, 7) is 4.25. The molecule has 1 aliphatic rings. The maximum atomic E-state index is 14.0. The molecule has 0 saturated heterocycles. The van der Waals surface area contributed by atoms with Crippen molar-refractivity contribution in [2.45, 2.75) is 49.8 Å². The van der Waals surface area contributed by atoms with Gasteiger partial charge in [-0.2, -0.15) is 0 Å². The van der Waals surface area contributed by atoms with Crippen molar-refractivity contribution >= 4 is 46.1 Å². The molecule has 4 aromatic carbocycles. The second kappa shape index (κ2) is 12.3. The van der Waals surface area contributed by atoms with Crippen LogP contribution in [0.25, 0.3) is 21.9 Å². The van der Waals surface area contributed by atoms with Crippen molar-refractivity contribution in [1.82, 2.24) is 10.6 Å². The molecule has 0 aliphatic carbocycles. The molecule has 1 atom stereocenters. The summed E-state index contributed by atoms with van der Waals surface area (Å²) < 4.78 is 0. The molecule has 8 nitrogen and oxygen atoms in total. The summed E-state index contributed by atoms with van der Waals surface area (Å²) in [5, 5.41) is 7.78. The smallest absolute Gasteiger partial charge is 0.312 e. The first kappa shape index (κ1) is 29.2. The third kappa shape index (κ3) is 6.75. The highest BCUT2D eigenvalue weighted by Gasteiger charge is 2.33. The summed E-state index contributed by atoms with van der Waals surface area (Å²) in [6.07, 6.45) is 0.120. The first-order valence-corrected chi connectivity index (χ1v) is 14.8. The van der Waals surface area contributed by atoms with Crippen molar-refractivity contribution in [2.75, 3.05) is 10.7 Å². The lowest BCUT2D eigenvalue weighted by molar-refractivity contribution is -0.127. The van der Waals surface area contributed by atoms with Crippen molar-refractivity contribution in [3.05, 3.63) is 96.1 Å². The molecule has 0 bridgehead atoms. The highest BCUT2D eigenvalue weighted by atomic mass is 32.2. The van der Waals surface area contributed by atoms with Crippen molar-refractivity contribution in [3.63, 3.8) is 0 Å². The average molecular weight is 582 g/mol. The Morgan fingerprint density at radius 1 is 0.976 bits per heavy atom. The van der Waals surface area contributed by atoms with Gasteiger partial charge in [0.25, 0.3) is 5.91 Å². The van der Waals surface area contributed by atoms with E-state index in [2.05, 4.69) is 22.8 Å². The van der Waals surface area contributed by atoms with Gasteiger partial charge >= 0.3 is 6.03 Å². The summed E-state index contributed by atoms with van der Waals surface area (Å²) >= 11 is 1.59. The standard InChI is InChI=1S/C33H35N5O3S/c1-33(2,35)17-29(39)37-27-20-42-30-26-10-6-3-7-22(26)15-16-28(30)38(31(27)40)19-21-11-13-23(14-12-21)25-9-5-4-8-24(25)18-36-32(34)41/h3-16,27H,17-20,35H2,1-2H3,(H,37,39)(H3,34,36,41)/t27-/m1/s1. The van der Waals surface area contributed by atoms with Gasteiger partial charge in [-0.3, -0.25) is 9.59 Å². The minimum absolute atomic E-state index is 0.120. The van der Waals surface area contributed by atoms with Crippen molar-refractivity contribution < 1.29 is 14.4 Å². The van der Waals surface area contributed by atoms with Crippen LogP contribution in [0.2, 0.25) is 0 Å². The molecule has 1 heterocycles. The van der Waals surface area contributed by atoms with Crippen LogP contribution in [0.5, 0.6) is 0 Å². The van der Waals surface area contributed by atoms with E-state index in [1.807, 2.05) is 72.8 Å². The number of anilines is 1. The number of amides is 4. The van der Waals surface area contributed by atoms with Crippen LogP contribution in [0.4, 0.5) is 10.5 Å². The Bertz CT molecular complexity index is 1630. The SMILES string of the molecule is CC(C)(N)CC(=O)N[C@@H]1CSc2c(ccc3ccccc23)N(Cc2ccc(-c3ccccc3CNC(N)=O)cc2)C1=O. The van der Waals surface area contributed by atoms with Crippen LogP contribution in [0.15, 0.2) is 89.8 Å². The van der Waals surface area contributed by atoms with Crippen LogP contribution in [0, 0.1) is 0 Å². The normalized spacial score (nSPS) is 15.2. The zero-order chi connectivity index (χ0) is 29.9. The average Bonchev–Trinajstić information content (AvgIpc) is 3.08. The van der Waals surface area contributed by atoms with Gasteiger partial charge in [-0.1, -0.05) is 78.9 Å². The van der Waals surface area contributed by atoms with Crippen molar-refractivity contribution in [3.8, 4) is 11.1 Å². The molecule has 1 aliphatic heterocycles. The Hall–Kier alpha value is -4.34. The summed E-state index contributed by atoms with van der Waals surface area (Å²) in [6, 6.07) is 26.7. The minimum atomic E-state index is -0.695. The molecule has 0 unspecified atom stereocenters. The molecular weight excluding hydrogens is 546 g/mol. The minimum Gasteiger partial charge on any atom is -0.352 e. The zero-order valence-corrected chi connectivity index (χ0v) is 24.5. The number of rotatable bonds is 8. The van der Waals surface area contributed by atoms with Gasteiger partial charge < -0.3 is 27.0 Å². The van der Waals surface area contributed by atoms with Gasteiger partial charge in [0.05, 0.1) is 12.2 Å². The Labute approximate surface area is 249 Å². The number of hydrogen-bond acceptors (Lipinski definition) is 5. The summed E-state index contributed by atoms with van der Waals surface area (Å²) in [5.41, 5.74) is 15.4. The number of nitrogens with two attached hydrogens (primary N) is 2. The number of thioether (sulfide) groups is 1. The molecule has 0 fully saturated rings. The molecule has 0 saturated carbocycles. The van der Waals surface area contributed by atoms with Gasteiger partial charge in [-0.05, 0) is 52.9 Å². The third-order valence-corrected chi connectivity index (χ3v) is 8.35. The van der Waals surface area contributed by atoms with Gasteiger partial charge in [0.1, 0.15) is 6.04 Å². The maximum Gasteiger partial charge on any atom is 0.312 e. The van der Waals surface area contributed by atoms with E-state index in [1.54, 1.807) is 30.5 Å². The molecule has 6 N–H and O–H groups in total. The predicted octanol–water partition coefficient (Wildman–Crippen LogP) is 4.93. The first-order valence-electron chi connectivity index (χ1n) is 13.8. The van der Waals surface area contributed by atoms with Crippen LogP contribution in [0.1, 0.15) is 31.4 Å². The fourth-order valence-corrected chi connectivity index (χ4v) is 6.40. The number of carbonyl (C=O) groups is 3. The second-order valence-electron chi connectivity index (χ2n) is 11.2. The molecule has 0 spiro atoms. The molecule has 9 heteroatoms. The fourth-order valence-electron chi connectivity index (χ4n) is 5.18. The molecule has 216 valence electrons. The molecule has 4 aromatic rings. The number of urea groups is 1. The lowest BCUT2D eigenvalue weighted by Crippen LogP contribution is -2.51. The van der Waals surface area contributed by atoms with Crippen LogP contribution in [0.3, 0.4) is 0 Å². The van der Waals surface area contributed by atoms with Crippen LogP contribution < -0.4 is 27.0 Å². The number of primary amides is 1. The maximum absolute atomic E-state index is 14.0. The highest BCUT2D eigenvalue weighted by molar-refractivity contribution is 7.99. The molecular formula is C33H35N5O3S. The topological polar surface area (TPSA) is 131 Å². The zero-order valence-electron chi connectivity index (χ0n) is 23.7. The Morgan fingerprint density at radius 2 is 1.69 bits per heavy atom. The van der Waals surface area contributed by atoms with E-state index in [1.165, 1.54) is 0 Å². The van der Waals surface area contributed by atoms with Gasteiger partial charge in [0.2, 0.25) is 5.91 Å². The van der Waals surface area contributed by atoms with Crippen LogP contribution in [-0.2, 0) is 22.7 Å². The number of carbonyl (C=O) groups excluding carboxylic acids is 3. The van der Waals surface area contributed by atoms with Crippen molar-refractivity contribution in [2.24, 2.45) is 11.5 Å². The fraction of sp³-hybridized carbons (Fsp3) is 0.242. The Kier molecular flexibility index (Phi) is 8.51. The van der Waals surface area contributed by atoms with Crippen LogP contribution >= 0.6 is 11.8 Å². The summed E-state index contributed by atoms with van der Waals surface area (Å²) in [7, 11) is 0. The van der Waals surface area contributed by atoms with E-state index in [0.29, 0.717) is 18.8 Å². The largest absolute Gasteiger partial charge is 0.352 e. The monoisotopic (exact) mass is 581 g/mol. The third-order valence-electron chi connectivity index (χ3n) is 7.14. The number of nitrogens with zero attached hydrogens (tertiary/aromatic N) is 1. The molecule has 4 amide bonds. The number of hydrogen-bond donors (Lipinski definition) is 4. The molecule has 0 aromatic heterocycles. The number of fused-ring (bicyclic) bond motifs is 3.